The van der Waals surface area contributed by atoms with Crippen molar-refractivity contribution in [2.75, 3.05) is 17.2 Å². The van der Waals surface area contributed by atoms with E-state index in [9.17, 15) is 13.5 Å². The van der Waals surface area contributed by atoms with Gasteiger partial charge in [-0.25, -0.2) is 8.42 Å². The summed E-state index contributed by atoms with van der Waals surface area (Å²) in [4.78, 5) is 0.936. The van der Waals surface area contributed by atoms with Gasteiger partial charge >= 0.3 is 0 Å². The molecule has 4 nitrogen and oxygen atoms in total. The van der Waals surface area contributed by atoms with Crippen molar-refractivity contribution in [3.05, 3.63) is 23.8 Å². The minimum absolute atomic E-state index is 0.0348. The van der Waals surface area contributed by atoms with Crippen LogP contribution in [0.1, 0.15) is 5.56 Å². The summed E-state index contributed by atoms with van der Waals surface area (Å²) in [5.41, 5.74) is 7.38. The molecule has 0 aromatic heterocycles. The molecule has 6 heteroatoms. The van der Waals surface area contributed by atoms with Crippen LogP contribution in [0.4, 0.5) is 5.69 Å². The summed E-state index contributed by atoms with van der Waals surface area (Å²) in [6.45, 7) is 1.94. The maximum atomic E-state index is 11.4. The zero-order chi connectivity index (χ0) is 12.6. The number of hydrogen-bond acceptors (Lipinski definition) is 5. The number of hydrogen-bond donors (Lipinski definition) is 2. The highest BCUT2D eigenvalue weighted by molar-refractivity contribution is 8.02. The summed E-state index contributed by atoms with van der Waals surface area (Å²) in [5.74, 6) is -0.0981. The average Bonchev–Trinajstić information content (AvgIpc) is 2.46. The molecule has 1 aromatic carbocycles. The first-order valence-corrected chi connectivity index (χ1v) is 7.99. The fourth-order valence-corrected chi connectivity index (χ4v) is 5.48. The van der Waals surface area contributed by atoms with Gasteiger partial charge in [0.1, 0.15) is 0 Å². The van der Waals surface area contributed by atoms with E-state index in [-0.39, 0.29) is 16.8 Å². The lowest BCUT2D eigenvalue weighted by Gasteiger charge is -2.14. The second-order valence-corrected chi connectivity index (χ2v) is 7.76. The monoisotopic (exact) mass is 273 g/mol. The lowest BCUT2D eigenvalue weighted by atomic mass is 10.2. The number of aliphatic hydroxyl groups excluding tert-OH is 1. The molecule has 0 spiro atoms. The smallest absolute Gasteiger partial charge is 0.154 e. The Morgan fingerprint density at radius 2 is 2.12 bits per heavy atom. The van der Waals surface area contributed by atoms with Crippen molar-refractivity contribution in [3.63, 3.8) is 0 Å². The number of aryl methyl sites for hydroxylation is 1. The summed E-state index contributed by atoms with van der Waals surface area (Å²) in [7, 11) is -3.09. The van der Waals surface area contributed by atoms with Crippen molar-refractivity contribution < 1.29 is 13.5 Å². The van der Waals surface area contributed by atoms with E-state index < -0.39 is 15.9 Å². The summed E-state index contributed by atoms with van der Waals surface area (Å²) < 4.78 is 22.8. The zero-order valence-electron chi connectivity index (χ0n) is 9.46. The molecule has 0 radical (unpaired) electrons. The van der Waals surface area contributed by atoms with Crippen molar-refractivity contribution in [1.82, 2.24) is 0 Å². The van der Waals surface area contributed by atoms with Crippen molar-refractivity contribution in [2.24, 2.45) is 0 Å². The second kappa shape index (κ2) is 4.51. The highest BCUT2D eigenvalue weighted by Crippen LogP contribution is 2.34. The van der Waals surface area contributed by atoms with Gasteiger partial charge in [-0.15, -0.1) is 11.8 Å². The first kappa shape index (κ1) is 12.7. The van der Waals surface area contributed by atoms with Crippen molar-refractivity contribution in [1.29, 1.82) is 0 Å². The van der Waals surface area contributed by atoms with E-state index in [1.807, 2.05) is 19.1 Å². The SMILES string of the molecule is Cc1ccc(N)cc1SC1CS(=O)(=O)CC1O. The molecule has 1 aliphatic rings. The Morgan fingerprint density at radius 3 is 2.71 bits per heavy atom. The molecule has 2 atom stereocenters. The summed E-state index contributed by atoms with van der Waals surface area (Å²) >= 11 is 1.39. The van der Waals surface area contributed by atoms with Gasteiger partial charge in [-0.05, 0) is 24.6 Å². The first-order valence-electron chi connectivity index (χ1n) is 5.29. The Kier molecular flexibility index (Phi) is 3.38. The summed E-state index contributed by atoms with van der Waals surface area (Å²) in [5, 5.41) is 9.42. The van der Waals surface area contributed by atoms with E-state index in [0.717, 1.165) is 10.5 Å². The fraction of sp³-hybridized carbons (Fsp3) is 0.455. The van der Waals surface area contributed by atoms with Crippen molar-refractivity contribution in [2.45, 2.75) is 23.2 Å². The van der Waals surface area contributed by atoms with Gasteiger partial charge in [-0.3, -0.25) is 0 Å². The Labute approximate surface area is 105 Å². The standard InChI is InChI=1S/C11H15NO3S2/c1-7-2-3-8(12)4-10(7)16-11-6-17(14,15)5-9(11)13/h2-4,9,11,13H,5-6,12H2,1H3. The largest absolute Gasteiger partial charge is 0.399 e. The lowest BCUT2D eigenvalue weighted by molar-refractivity contribution is 0.207. The molecule has 0 bridgehead atoms. The molecule has 1 aromatic rings. The molecular weight excluding hydrogens is 258 g/mol. The molecular formula is C11H15NO3S2. The maximum Gasteiger partial charge on any atom is 0.154 e. The van der Waals surface area contributed by atoms with Gasteiger partial charge in [0.15, 0.2) is 9.84 Å². The number of nitrogen functional groups attached to an aromatic ring is 1. The second-order valence-electron chi connectivity index (χ2n) is 4.33. The fourth-order valence-electron chi connectivity index (χ4n) is 1.82. The number of benzene rings is 1. The molecule has 2 rings (SSSR count). The number of nitrogens with two attached hydrogens (primary N) is 1. The summed E-state index contributed by atoms with van der Waals surface area (Å²) in [6.07, 6.45) is -0.786. The number of rotatable bonds is 2. The Morgan fingerprint density at radius 1 is 1.41 bits per heavy atom. The van der Waals surface area contributed by atoms with Crippen LogP contribution < -0.4 is 5.73 Å². The number of aliphatic hydroxyl groups is 1. The highest BCUT2D eigenvalue weighted by Gasteiger charge is 2.37. The van der Waals surface area contributed by atoms with Crippen LogP contribution >= 0.6 is 11.8 Å². The van der Waals surface area contributed by atoms with Gasteiger partial charge in [0, 0.05) is 10.6 Å². The van der Waals surface area contributed by atoms with Gasteiger partial charge in [-0.2, -0.15) is 0 Å². The van der Waals surface area contributed by atoms with Gasteiger partial charge < -0.3 is 10.8 Å². The van der Waals surface area contributed by atoms with Crippen LogP contribution in [-0.2, 0) is 9.84 Å². The molecule has 1 aliphatic heterocycles. The van der Waals surface area contributed by atoms with Crippen molar-refractivity contribution >= 4 is 27.3 Å². The Bertz CT molecular complexity index is 528. The van der Waals surface area contributed by atoms with Gasteiger partial charge in [0.2, 0.25) is 0 Å². The normalized spacial score (nSPS) is 27.2. The molecule has 3 N–H and O–H groups in total. The van der Waals surface area contributed by atoms with E-state index in [2.05, 4.69) is 0 Å². The van der Waals surface area contributed by atoms with Crippen LogP contribution in [0, 0.1) is 6.92 Å². The number of anilines is 1. The van der Waals surface area contributed by atoms with Crippen LogP contribution in [-0.4, -0.2) is 36.4 Å². The molecule has 1 fully saturated rings. The predicted octanol–water partition coefficient (Wildman–Crippen LogP) is 0.827. The highest BCUT2D eigenvalue weighted by atomic mass is 32.2. The number of sulfone groups is 1. The quantitative estimate of drug-likeness (QED) is 0.780. The molecule has 2 unspecified atom stereocenters. The van der Waals surface area contributed by atoms with E-state index >= 15 is 0 Å². The third-order valence-corrected chi connectivity index (χ3v) is 6.17. The van der Waals surface area contributed by atoms with Gasteiger partial charge in [0.05, 0.1) is 22.9 Å². The molecule has 94 valence electrons. The third kappa shape index (κ3) is 2.94. The van der Waals surface area contributed by atoms with Gasteiger partial charge in [0.25, 0.3) is 0 Å². The van der Waals surface area contributed by atoms with E-state index in [4.69, 9.17) is 5.73 Å². The lowest BCUT2D eigenvalue weighted by Crippen LogP contribution is -2.20. The molecule has 0 amide bonds. The minimum Gasteiger partial charge on any atom is -0.399 e. The number of thioether (sulfide) groups is 1. The topological polar surface area (TPSA) is 80.4 Å². The van der Waals surface area contributed by atoms with Crippen LogP contribution in [0.2, 0.25) is 0 Å². The van der Waals surface area contributed by atoms with Crippen molar-refractivity contribution in [3.8, 4) is 0 Å². The minimum atomic E-state index is -3.09. The van der Waals surface area contributed by atoms with Crippen LogP contribution in [0.5, 0.6) is 0 Å². The Balaban J connectivity index is 2.19. The molecule has 0 saturated carbocycles. The molecule has 17 heavy (non-hydrogen) atoms. The van der Waals surface area contributed by atoms with E-state index in [0.29, 0.717) is 5.69 Å². The van der Waals surface area contributed by atoms with Crippen LogP contribution in [0.25, 0.3) is 0 Å². The molecule has 1 heterocycles. The van der Waals surface area contributed by atoms with E-state index in [1.165, 1.54) is 11.8 Å². The van der Waals surface area contributed by atoms with E-state index in [1.54, 1.807) is 6.07 Å². The van der Waals surface area contributed by atoms with Crippen LogP contribution in [0.15, 0.2) is 23.1 Å². The Hall–Kier alpha value is -0.720. The molecule has 0 aliphatic carbocycles. The molecule has 1 saturated heterocycles. The summed E-state index contributed by atoms with van der Waals surface area (Å²) in [6, 6.07) is 5.52. The zero-order valence-corrected chi connectivity index (χ0v) is 11.1. The average molecular weight is 273 g/mol. The maximum absolute atomic E-state index is 11.4. The van der Waals surface area contributed by atoms with Gasteiger partial charge in [-0.1, -0.05) is 6.07 Å². The van der Waals surface area contributed by atoms with Crippen LogP contribution in [0.3, 0.4) is 0 Å². The first-order chi connectivity index (χ1) is 7.87. The predicted molar refractivity (Wildman–Crippen MR) is 69.9 cm³/mol. The third-order valence-electron chi connectivity index (χ3n) is 2.76.